The van der Waals surface area contributed by atoms with Crippen molar-refractivity contribution in [2.45, 2.75) is 6.92 Å². The van der Waals surface area contributed by atoms with Gasteiger partial charge in [0.25, 0.3) is 0 Å². The van der Waals surface area contributed by atoms with Crippen LogP contribution >= 0.6 is 0 Å². The number of benzene rings is 1. The van der Waals surface area contributed by atoms with Crippen LogP contribution in [0.15, 0.2) is 18.2 Å². The Labute approximate surface area is 103 Å². The molecule has 0 atom stereocenters. The van der Waals surface area contributed by atoms with Crippen molar-refractivity contribution in [2.24, 2.45) is 0 Å². The minimum absolute atomic E-state index is 0.726. The Hall–Kier alpha value is -1.26. The molecule has 2 rings (SSSR count). The number of aryl methyl sites for hydroxylation is 1. The van der Waals surface area contributed by atoms with Crippen LogP contribution in [0.5, 0.6) is 5.75 Å². The first-order valence-corrected chi connectivity index (χ1v) is 6.18. The first-order valence-electron chi connectivity index (χ1n) is 6.18. The molecule has 0 spiro atoms. The van der Waals surface area contributed by atoms with E-state index < -0.39 is 0 Å². The lowest BCUT2D eigenvalue weighted by Crippen LogP contribution is -2.44. The Bertz CT molecular complexity index is 362. The molecule has 1 aromatic rings. The minimum atomic E-state index is 0.726. The molecule has 1 aliphatic rings. The molecule has 0 radical (unpaired) electrons. The van der Waals surface area contributed by atoms with Crippen LogP contribution in [0.2, 0.25) is 0 Å². The van der Waals surface area contributed by atoms with Crippen molar-refractivity contribution >= 4 is 5.69 Å². The van der Waals surface area contributed by atoms with E-state index >= 15 is 0 Å². The second-order valence-electron chi connectivity index (χ2n) is 4.47. The molecule has 1 aliphatic heterocycles. The number of ether oxygens (including phenoxy) is 1. The molecule has 17 heavy (non-hydrogen) atoms. The van der Waals surface area contributed by atoms with Crippen LogP contribution in [0, 0.1) is 6.92 Å². The summed E-state index contributed by atoms with van der Waals surface area (Å²) in [6, 6.07) is 5.79. The normalized spacial score (nSPS) is 17.0. The molecule has 1 fully saturated rings. The fourth-order valence-corrected chi connectivity index (χ4v) is 1.99. The molecule has 0 bridgehead atoms. The first-order chi connectivity index (χ1) is 8.25. The third kappa shape index (κ3) is 3.61. The third-order valence-corrected chi connectivity index (χ3v) is 3.09. The van der Waals surface area contributed by atoms with Crippen LogP contribution in [-0.4, -0.2) is 44.2 Å². The Kier molecular flexibility index (Phi) is 4.23. The summed E-state index contributed by atoms with van der Waals surface area (Å²) < 4.78 is 5.78. The Morgan fingerprint density at radius 3 is 2.88 bits per heavy atom. The summed E-state index contributed by atoms with van der Waals surface area (Å²) in [7, 11) is 0. The van der Waals surface area contributed by atoms with Crippen LogP contribution < -0.4 is 15.8 Å². The van der Waals surface area contributed by atoms with Gasteiger partial charge < -0.3 is 15.8 Å². The van der Waals surface area contributed by atoms with Crippen molar-refractivity contribution in [3.8, 4) is 5.75 Å². The summed E-state index contributed by atoms with van der Waals surface area (Å²) in [5, 5.41) is 3.34. The predicted octanol–water partition coefficient (Wildman–Crippen LogP) is 0.861. The molecule has 1 aromatic carbocycles. The lowest BCUT2D eigenvalue weighted by atomic mass is 10.2. The monoisotopic (exact) mass is 235 g/mol. The summed E-state index contributed by atoms with van der Waals surface area (Å²) in [5.74, 6) is 0.903. The van der Waals surface area contributed by atoms with Gasteiger partial charge in [-0.15, -0.1) is 0 Å². The number of nitrogens with one attached hydrogen (secondary N) is 1. The van der Waals surface area contributed by atoms with Gasteiger partial charge in [0, 0.05) is 44.5 Å². The first kappa shape index (κ1) is 12.2. The van der Waals surface area contributed by atoms with E-state index in [1.807, 2.05) is 25.1 Å². The highest BCUT2D eigenvalue weighted by Gasteiger charge is 2.09. The molecule has 0 aliphatic carbocycles. The highest BCUT2D eigenvalue weighted by atomic mass is 16.5. The maximum atomic E-state index is 5.78. The molecular formula is C13H21N3O. The van der Waals surface area contributed by atoms with Gasteiger partial charge in [-0.25, -0.2) is 0 Å². The van der Waals surface area contributed by atoms with E-state index in [1.54, 1.807) is 0 Å². The zero-order valence-electron chi connectivity index (χ0n) is 10.4. The number of anilines is 1. The second-order valence-corrected chi connectivity index (χ2v) is 4.47. The highest BCUT2D eigenvalue weighted by molar-refractivity contribution is 5.47. The fourth-order valence-electron chi connectivity index (χ4n) is 1.99. The average molecular weight is 235 g/mol. The average Bonchev–Trinajstić information content (AvgIpc) is 2.35. The van der Waals surface area contributed by atoms with Crippen molar-refractivity contribution in [2.75, 3.05) is 45.1 Å². The van der Waals surface area contributed by atoms with Crippen molar-refractivity contribution in [3.63, 3.8) is 0 Å². The lowest BCUT2D eigenvalue weighted by molar-refractivity contribution is 0.191. The summed E-state index contributed by atoms with van der Waals surface area (Å²) in [6.07, 6.45) is 0. The molecule has 0 amide bonds. The van der Waals surface area contributed by atoms with Crippen molar-refractivity contribution < 1.29 is 4.74 Å². The fraction of sp³-hybridized carbons (Fsp3) is 0.538. The lowest BCUT2D eigenvalue weighted by Gasteiger charge is -2.27. The van der Waals surface area contributed by atoms with E-state index in [-0.39, 0.29) is 0 Å². The largest absolute Gasteiger partial charge is 0.492 e. The van der Waals surface area contributed by atoms with Crippen LogP contribution in [0.4, 0.5) is 5.69 Å². The Balaban J connectivity index is 1.79. The van der Waals surface area contributed by atoms with Gasteiger partial charge in [-0.05, 0) is 18.6 Å². The van der Waals surface area contributed by atoms with Gasteiger partial charge in [0.2, 0.25) is 0 Å². The number of nitrogens with zero attached hydrogens (tertiary/aromatic N) is 1. The number of nitrogens with two attached hydrogens (primary N) is 1. The topological polar surface area (TPSA) is 50.5 Å². The molecule has 4 heteroatoms. The SMILES string of the molecule is Cc1ccc(N)cc1OCCN1CCNCC1. The van der Waals surface area contributed by atoms with E-state index in [0.29, 0.717) is 0 Å². The van der Waals surface area contributed by atoms with E-state index in [2.05, 4.69) is 10.2 Å². The second kappa shape index (κ2) is 5.89. The van der Waals surface area contributed by atoms with Crippen molar-refractivity contribution in [3.05, 3.63) is 23.8 Å². The standard InChI is InChI=1S/C13H21N3O/c1-11-2-3-12(14)10-13(11)17-9-8-16-6-4-15-5-7-16/h2-3,10,15H,4-9,14H2,1H3. The molecule has 0 aromatic heterocycles. The highest BCUT2D eigenvalue weighted by Crippen LogP contribution is 2.20. The van der Waals surface area contributed by atoms with E-state index in [9.17, 15) is 0 Å². The van der Waals surface area contributed by atoms with Gasteiger partial charge in [-0.1, -0.05) is 6.07 Å². The third-order valence-electron chi connectivity index (χ3n) is 3.09. The van der Waals surface area contributed by atoms with Gasteiger partial charge in [0.15, 0.2) is 0 Å². The Morgan fingerprint density at radius 2 is 2.12 bits per heavy atom. The molecule has 0 unspecified atom stereocenters. The number of hydrogen-bond donors (Lipinski definition) is 2. The van der Waals surface area contributed by atoms with Gasteiger partial charge >= 0.3 is 0 Å². The maximum Gasteiger partial charge on any atom is 0.124 e. The number of rotatable bonds is 4. The summed E-state index contributed by atoms with van der Waals surface area (Å²) >= 11 is 0. The van der Waals surface area contributed by atoms with Crippen molar-refractivity contribution in [1.29, 1.82) is 0 Å². The van der Waals surface area contributed by atoms with E-state index in [0.717, 1.165) is 56.3 Å². The smallest absolute Gasteiger partial charge is 0.124 e. The van der Waals surface area contributed by atoms with Crippen LogP contribution in [0.3, 0.4) is 0 Å². The summed E-state index contributed by atoms with van der Waals surface area (Å²) in [6.45, 7) is 8.13. The van der Waals surface area contributed by atoms with Gasteiger partial charge in [0.05, 0.1) is 0 Å². The molecule has 94 valence electrons. The molecule has 1 heterocycles. The van der Waals surface area contributed by atoms with Gasteiger partial charge in [0.1, 0.15) is 12.4 Å². The molecule has 4 nitrogen and oxygen atoms in total. The van der Waals surface area contributed by atoms with Crippen LogP contribution in [0.1, 0.15) is 5.56 Å². The maximum absolute atomic E-state index is 5.78. The molecule has 1 saturated heterocycles. The Morgan fingerprint density at radius 1 is 1.35 bits per heavy atom. The van der Waals surface area contributed by atoms with Gasteiger partial charge in [-0.2, -0.15) is 0 Å². The van der Waals surface area contributed by atoms with Crippen LogP contribution in [0.25, 0.3) is 0 Å². The molecule has 3 N–H and O–H groups in total. The van der Waals surface area contributed by atoms with E-state index in [4.69, 9.17) is 10.5 Å². The van der Waals surface area contributed by atoms with Crippen molar-refractivity contribution in [1.82, 2.24) is 10.2 Å². The number of piperazine rings is 1. The summed E-state index contributed by atoms with van der Waals surface area (Å²) in [4.78, 5) is 2.41. The van der Waals surface area contributed by atoms with Gasteiger partial charge in [-0.3, -0.25) is 4.90 Å². The number of hydrogen-bond acceptors (Lipinski definition) is 4. The minimum Gasteiger partial charge on any atom is -0.492 e. The molecular weight excluding hydrogens is 214 g/mol. The quantitative estimate of drug-likeness (QED) is 0.760. The number of nitrogen functional groups attached to an aromatic ring is 1. The summed E-state index contributed by atoms with van der Waals surface area (Å²) in [5.41, 5.74) is 7.64. The molecule has 0 saturated carbocycles. The zero-order chi connectivity index (χ0) is 12.1. The van der Waals surface area contributed by atoms with E-state index in [1.165, 1.54) is 0 Å². The zero-order valence-corrected chi connectivity index (χ0v) is 10.4. The van der Waals surface area contributed by atoms with Crippen LogP contribution in [-0.2, 0) is 0 Å². The predicted molar refractivity (Wildman–Crippen MR) is 70.4 cm³/mol.